The number of benzene rings is 2. The van der Waals surface area contributed by atoms with Gasteiger partial charge in [-0.25, -0.2) is 0 Å². The molecule has 0 unspecified atom stereocenters. The van der Waals surface area contributed by atoms with Gasteiger partial charge < -0.3 is 14.6 Å². The zero-order valence-electron chi connectivity index (χ0n) is 20.6. The number of likely N-dealkylation sites (N-methyl/N-ethyl adjacent to an activating group) is 1. The number of nitrogens with one attached hydrogen (secondary N) is 1. The average Bonchev–Trinajstić information content (AvgIpc) is 2.85. The Hall–Kier alpha value is -2.59. The van der Waals surface area contributed by atoms with E-state index >= 15 is 0 Å². The minimum atomic E-state index is -0.0468. The lowest BCUT2D eigenvalue weighted by Crippen LogP contribution is -2.53. The molecule has 1 aromatic heterocycles. The van der Waals surface area contributed by atoms with Crippen LogP contribution in [-0.2, 0) is 5.41 Å². The first kappa shape index (κ1) is 23.6. The molecule has 0 radical (unpaired) electrons. The summed E-state index contributed by atoms with van der Waals surface area (Å²) in [6.07, 6.45) is 7.40. The highest BCUT2D eigenvalue weighted by Crippen LogP contribution is 2.46. The van der Waals surface area contributed by atoms with Gasteiger partial charge in [0, 0.05) is 23.0 Å². The lowest BCUT2D eigenvalue weighted by Gasteiger charge is -2.49. The van der Waals surface area contributed by atoms with Gasteiger partial charge in [-0.2, -0.15) is 0 Å². The predicted octanol–water partition coefficient (Wildman–Crippen LogP) is 6.22. The fraction of sp³-hybridized carbons (Fsp3) is 0.483. The Kier molecular flexibility index (Phi) is 7.23. The van der Waals surface area contributed by atoms with Crippen LogP contribution in [-0.4, -0.2) is 35.1 Å². The van der Waals surface area contributed by atoms with Gasteiger partial charge in [0.15, 0.2) is 0 Å². The van der Waals surface area contributed by atoms with Gasteiger partial charge in [0.2, 0.25) is 0 Å². The molecule has 1 fully saturated rings. The summed E-state index contributed by atoms with van der Waals surface area (Å²) in [5.74, 6) is 0.904. The molecule has 3 aromatic rings. The first-order valence-electron chi connectivity index (χ1n) is 12.6. The third kappa shape index (κ3) is 4.59. The average molecular weight is 447 g/mol. The number of aromatic nitrogens is 1. The van der Waals surface area contributed by atoms with E-state index in [0.29, 0.717) is 6.04 Å². The van der Waals surface area contributed by atoms with Crippen molar-refractivity contribution in [3.63, 3.8) is 0 Å². The number of fused-ring (bicyclic) bond motifs is 1. The van der Waals surface area contributed by atoms with Gasteiger partial charge in [-0.15, -0.1) is 0 Å². The molecule has 4 rings (SSSR count). The van der Waals surface area contributed by atoms with Crippen molar-refractivity contribution in [2.75, 3.05) is 13.1 Å². The lowest BCUT2D eigenvalue weighted by molar-refractivity contribution is 0.0506. The molecule has 1 aliphatic carbocycles. The standard InChI is InChI=1S/C29H38N2O2/c1-5-27(31(6-2)7-3)29(23-11-9-8-10-12-23)16-13-24(14-17-29)33-26-20-22-15-18-30-28(32)25(22)19-21(26)4/h8-12,15,18-20,24,27H,5-7,13-14,16-17H2,1-4H3,(H,30,32)/t24-,27-,29-/m1/s1. The molecule has 33 heavy (non-hydrogen) atoms. The third-order valence-corrected chi connectivity index (χ3v) is 7.81. The minimum Gasteiger partial charge on any atom is -0.490 e. The monoisotopic (exact) mass is 446 g/mol. The molecule has 0 bridgehead atoms. The molecule has 1 N–H and O–H groups in total. The molecule has 0 spiro atoms. The lowest BCUT2D eigenvalue weighted by atomic mass is 9.63. The van der Waals surface area contributed by atoms with Crippen LogP contribution in [0.2, 0.25) is 0 Å². The van der Waals surface area contributed by atoms with Gasteiger partial charge in [0.25, 0.3) is 5.56 Å². The van der Waals surface area contributed by atoms with Crippen molar-refractivity contribution >= 4 is 10.8 Å². The van der Waals surface area contributed by atoms with Crippen molar-refractivity contribution in [1.29, 1.82) is 0 Å². The van der Waals surface area contributed by atoms with E-state index in [0.717, 1.165) is 67.3 Å². The van der Waals surface area contributed by atoms with Crippen LogP contribution in [0.15, 0.2) is 59.5 Å². The zero-order valence-corrected chi connectivity index (χ0v) is 20.6. The first-order valence-corrected chi connectivity index (χ1v) is 12.6. The number of hydrogen-bond donors (Lipinski definition) is 1. The molecular weight excluding hydrogens is 408 g/mol. The fourth-order valence-corrected chi connectivity index (χ4v) is 6.10. The van der Waals surface area contributed by atoms with Crippen molar-refractivity contribution in [3.05, 3.63) is 76.2 Å². The normalized spacial score (nSPS) is 21.9. The van der Waals surface area contributed by atoms with Crippen LogP contribution < -0.4 is 10.3 Å². The van der Waals surface area contributed by atoms with Gasteiger partial charge in [-0.1, -0.05) is 51.1 Å². The highest BCUT2D eigenvalue weighted by molar-refractivity contribution is 5.83. The molecule has 1 aliphatic rings. The van der Waals surface area contributed by atoms with E-state index in [1.165, 1.54) is 5.56 Å². The predicted molar refractivity (Wildman–Crippen MR) is 137 cm³/mol. The Labute approximate surface area is 198 Å². The van der Waals surface area contributed by atoms with Crippen molar-refractivity contribution in [1.82, 2.24) is 9.88 Å². The van der Waals surface area contributed by atoms with E-state index in [2.05, 4.69) is 61.0 Å². The summed E-state index contributed by atoms with van der Waals surface area (Å²) in [5, 5.41) is 1.65. The van der Waals surface area contributed by atoms with Gasteiger partial charge in [-0.05, 0) is 86.8 Å². The molecule has 0 saturated heterocycles. The maximum Gasteiger partial charge on any atom is 0.255 e. The molecule has 0 aliphatic heterocycles. The van der Waals surface area contributed by atoms with Gasteiger partial charge >= 0.3 is 0 Å². The number of aryl methyl sites for hydroxylation is 1. The largest absolute Gasteiger partial charge is 0.490 e. The highest BCUT2D eigenvalue weighted by atomic mass is 16.5. The molecule has 1 heterocycles. The Bertz CT molecular complexity index is 1110. The number of H-pyrrole nitrogens is 1. The second-order valence-corrected chi connectivity index (χ2v) is 9.50. The molecule has 4 nitrogen and oxygen atoms in total. The Morgan fingerprint density at radius 3 is 2.39 bits per heavy atom. The number of hydrogen-bond acceptors (Lipinski definition) is 3. The summed E-state index contributed by atoms with van der Waals surface area (Å²) < 4.78 is 6.56. The maximum atomic E-state index is 12.1. The van der Waals surface area contributed by atoms with Crippen LogP contribution in [0.1, 0.15) is 64.0 Å². The zero-order chi connectivity index (χ0) is 23.4. The van der Waals surface area contributed by atoms with Gasteiger partial charge in [0.05, 0.1) is 6.10 Å². The number of aromatic amines is 1. The smallest absolute Gasteiger partial charge is 0.255 e. The van der Waals surface area contributed by atoms with E-state index in [-0.39, 0.29) is 17.1 Å². The van der Waals surface area contributed by atoms with Crippen LogP contribution in [0.3, 0.4) is 0 Å². The highest BCUT2D eigenvalue weighted by Gasteiger charge is 2.44. The number of pyridine rings is 1. The van der Waals surface area contributed by atoms with Crippen LogP contribution in [0, 0.1) is 6.92 Å². The Morgan fingerprint density at radius 1 is 1.06 bits per heavy atom. The second kappa shape index (κ2) is 10.1. The maximum absolute atomic E-state index is 12.1. The van der Waals surface area contributed by atoms with Crippen LogP contribution >= 0.6 is 0 Å². The SMILES string of the molecule is CC[C@@H](N(CC)CC)[C@]1(c2ccccc2)CC[C@@H](Oc2cc3cc[nH]c(=O)c3cc2C)CC1. The molecule has 176 valence electrons. The number of nitrogens with zero attached hydrogens (tertiary/aromatic N) is 1. The van der Waals surface area contributed by atoms with Gasteiger partial charge in [-0.3, -0.25) is 4.79 Å². The summed E-state index contributed by atoms with van der Waals surface area (Å²) in [6.45, 7) is 11.1. The summed E-state index contributed by atoms with van der Waals surface area (Å²) in [6, 6.07) is 17.6. The van der Waals surface area contributed by atoms with E-state index in [1.54, 1.807) is 6.20 Å². The molecule has 4 heteroatoms. The summed E-state index contributed by atoms with van der Waals surface area (Å²) in [7, 11) is 0. The van der Waals surface area contributed by atoms with Crippen molar-refractivity contribution in [2.45, 2.75) is 77.4 Å². The molecular formula is C29H38N2O2. The Balaban J connectivity index is 1.59. The summed E-state index contributed by atoms with van der Waals surface area (Å²) >= 11 is 0. The third-order valence-electron chi connectivity index (χ3n) is 7.81. The molecule has 0 amide bonds. The van der Waals surface area contributed by atoms with Crippen LogP contribution in [0.25, 0.3) is 10.8 Å². The summed E-state index contributed by atoms with van der Waals surface area (Å²) in [4.78, 5) is 17.5. The summed E-state index contributed by atoms with van der Waals surface area (Å²) in [5.41, 5.74) is 2.61. The molecule has 1 atom stereocenters. The quantitative estimate of drug-likeness (QED) is 0.447. The van der Waals surface area contributed by atoms with Gasteiger partial charge in [0.1, 0.15) is 5.75 Å². The second-order valence-electron chi connectivity index (χ2n) is 9.50. The van der Waals surface area contributed by atoms with Crippen LogP contribution in [0.5, 0.6) is 5.75 Å². The van der Waals surface area contributed by atoms with E-state index < -0.39 is 0 Å². The Morgan fingerprint density at radius 2 is 1.76 bits per heavy atom. The van der Waals surface area contributed by atoms with E-state index in [9.17, 15) is 4.79 Å². The fourth-order valence-electron chi connectivity index (χ4n) is 6.10. The minimum absolute atomic E-state index is 0.0468. The van der Waals surface area contributed by atoms with E-state index in [1.807, 2.05) is 25.1 Å². The molecule has 1 saturated carbocycles. The molecule has 2 aromatic carbocycles. The number of rotatable bonds is 8. The van der Waals surface area contributed by atoms with Crippen molar-refractivity contribution in [2.24, 2.45) is 0 Å². The first-order chi connectivity index (χ1) is 16.0. The van der Waals surface area contributed by atoms with Crippen LogP contribution in [0.4, 0.5) is 0 Å². The van der Waals surface area contributed by atoms with Crippen molar-refractivity contribution in [3.8, 4) is 5.75 Å². The van der Waals surface area contributed by atoms with E-state index in [4.69, 9.17) is 4.74 Å². The topological polar surface area (TPSA) is 45.3 Å². The number of ether oxygens (including phenoxy) is 1. The van der Waals surface area contributed by atoms with Crippen molar-refractivity contribution < 1.29 is 4.74 Å².